The van der Waals surface area contributed by atoms with Crippen molar-refractivity contribution in [3.05, 3.63) is 0 Å². The Morgan fingerprint density at radius 3 is 1.44 bits per heavy atom. The highest BCUT2D eigenvalue weighted by Crippen LogP contribution is 2.15. The summed E-state index contributed by atoms with van der Waals surface area (Å²) in [5.41, 5.74) is 0. The van der Waals surface area contributed by atoms with Crippen molar-refractivity contribution in [3.63, 3.8) is 0 Å². The van der Waals surface area contributed by atoms with E-state index in [1.807, 2.05) is 27.7 Å². The highest BCUT2D eigenvalue weighted by molar-refractivity contribution is 5.73. The number of carbonyl (C=O) groups excluding carboxylic acids is 2. The van der Waals surface area contributed by atoms with E-state index in [-0.39, 0.29) is 23.8 Å². The monoisotopic (exact) mass is 258 g/mol. The molecule has 0 fully saturated rings. The SMILES string of the molecule is CCCOC(=O)C(C)CCC(C)C(=O)OCCC. The summed E-state index contributed by atoms with van der Waals surface area (Å²) < 4.78 is 10.1. The van der Waals surface area contributed by atoms with E-state index in [1.54, 1.807) is 0 Å². The second-order valence-electron chi connectivity index (χ2n) is 4.71. The zero-order valence-electron chi connectivity index (χ0n) is 12.0. The van der Waals surface area contributed by atoms with E-state index in [0.717, 1.165) is 12.8 Å². The molecule has 0 amide bonds. The lowest BCUT2D eigenvalue weighted by Crippen LogP contribution is -2.19. The lowest BCUT2D eigenvalue weighted by atomic mass is 9.98. The van der Waals surface area contributed by atoms with E-state index in [0.29, 0.717) is 26.1 Å². The standard InChI is InChI=1S/C14H26O4/c1-5-9-17-13(15)11(3)7-8-12(4)14(16)18-10-6-2/h11-12H,5-10H2,1-4H3. The van der Waals surface area contributed by atoms with Crippen LogP contribution in [0, 0.1) is 11.8 Å². The first-order valence-electron chi connectivity index (χ1n) is 6.86. The van der Waals surface area contributed by atoms with Crippen LogP contribution in [0.2, 0.25) is 0 Å². The molecule has 2 unspecified atom stereocenters. The summed E-state index contributed by atoms with van der Waals surface area (Å²) in [6.45, 7) is 8.53. The van der Waals surface area contributed by atoms with Crippen LogP contribution in [0.5, 0.6) is 0 Å². The van der Waals surface area contributed by atoms with E-state index in [2.05, 4.69) is 0 Å². The molecule has 0 heterocycles. The van der Waals surface area contributed by atoms with Gasteiger partial charge in [-0.3, -0.25) is 9.59 Å². The second-order valence-corrected chi connectivity index (χ2v) is 4.71. The van der Waals surface area contributed by atoms with E-state index >= 15 is 0 Å². The molecule has 0 aromatic rings. The third kappa shape index (κ3) is 7.30. The van der Waals surface area contributed by atoms with Crippen molar-refractivity contribution in [2.75, 3.05) is 13.2 Å². The van der Waals surface area contributed by atoms with Crippen LogP contribution in [0.1, 0.15) is 53.4 Å². The molecule has 0 aromatic heterocycles. The van der Waals surface area contributed by atoms with Gasteiger partial charge in [-0.1, -0.05) is 27.7 Å². The molecule has 18 heavy (non-hydrogen) atoms. The van der Waals surface area contributed by atoms with Crippen molar-refractivity contribution in [2.24, 2.45) is 11.8 Å². The average Bonchev–Trinajstić information content (AvgIpc) is 2.38. The minimum absolute atomic E-state index is 0.155. The predicted molar refractivity (Wildman–Crippen MR) is 70.1 cm³/mol. The first-order valence-corrected chi connectivity index (χ1v) is 6.86. The fraction of sp³-hybridized carbons (Fsp3) is 0.857. The lowest BCUT2D eigenvalue weighted by molar-refractivity contribution is -0.151. The van der Waals surface area contributed by atoms with E-state index in [1.165, 1.54) is 0 Å². The zero-order chi connectivity index (χ0) is 14.0. The highest BCUT2D eigenvalue weighted by atomic mass is 16.5. The van der Waals surface area contributed by atoms with Crippen LogP contribution < -0.4 is 0 Å². The topological polar surface area (TPSA) is 52.6 Å². The Bertz CT molecular complexity index is 224. The molecule has 106 valence electrons. The van der Waals surface area contributed by atoms with Crippen LogP contribution in [-0.2, 0) is 19.1 Å². The molecular weight excluding hydrogens is 232 g/mol. The molecule has 0 aliphatic carbocycles. The van der Waals surface area contributed by atoms with Gasteiger partial charge in [0.2, 0.25) is 0 Å². The van der Waals surface area contributed by atoms with Gasteiger partial charge in [0.15, 0.2) is 0 Å². The van der Waals surface area contributed by atoms with Gasteiger partial charge in [-0.2, -0.15) is 0 Å². The summed E-state index contributed by atoms with van der Waals surface area (Å²) >= 11 is 0. The molecule has 0 rings (SSSR count). The Morgan fingerprint density at radius 1 is 0.833 bits per heavy atom. The lowest BCUT2D eigenvalue weighted by Gasteiger charge is -2.14. The van der Waals surface area contributed by atoms with Crippen molar-refractivity contribution in [3.8, 4) is 0 Å². The predicted octanol–water partition coefficient (Wildman–Crippen LogP) is 2.95. The summed E-state index contributed by atoms with van der Waals surface area (Å²) in [4.78, 5) is 23.0. The molecule has 0 radical (unpaired) electrons. The number of esters is 2. The van der Waals surface area contributed by atoms with Crippen LogP contribution in [0.4, 0.5) is 0 Å². The van der Waals surface area contributed by atoms with Crippen LogP contribution >= 0.6 is 0 Å². The van der Waals surface area contributed by atoms with Crippen molar-refractivity contribution < 1.29 is 19.1 Å². The van der Waals surface area contributed by atoms with Crippen molar-refractivity contribution >= 4 is 11.9 Å². The Morgan fingerprint density at radius 2 is 1.17 bits per heavy atom. The van der Waals surface area contributed by atoms with Gasteiger partial charge in [0.05, 0.1) is 25.0 Å². The summed E-state index contributed by atoms with van der Waals surface area (Å²) in [6, 6.07) is 0. The van der Waals surface area contributed by atoms with Gasteiger partial charge in [0, 0.05) is 0 Å². The third-order valence-electron chi connectivity index (χ3n) is 2.73. The van der Waals surface area contributed by atoms with Crippen molar-refractivity contribution in [2.45, 2.75) is 53.4 Å². The minimum atomic E-state index is -0.175. The molecule has 0 aliphatic rings. The highest BCUT2D eigenvalue weighted by Gasteiger charge is 2.19. The summed E-state index contributed by atoms with van der Waals surface area (Å²) in [7, 11) is 0. The quantitative estimate of drug-likeness (QED) is 0.597. The summed E-state index contributed by atoms with van der Waals surface area (Å²) in [5, 5.41) is 0. The first kappa shape index (κ1) is 16.9. The minimum Gasteiger partial charge on any atom is -0.465 e. The average molecular weight is 258 g/mol. The maximum atomic E-state index is 11.5. The fourth-order valence-corrected chi connectivity index (χ4v) is 1.43. The molecule has 2 atom stereocenters. The molecule has 0 aliphatic heterocycles. The molecule has 0 spiro atoms. The van der Waals surface area contributed by atoms with Gasteiger partial charge in [0.1, 0.15) is 0 Å². The van der Waals surface area contributed by atoms with Crippen LogP contribution in [0.25, 0.3) is 0 Å². The van der Waals surface area contributed by atoms with Gasteiger partial charge < -0.3 is 9.47 Å². The molecule has 0 aromatic carbocycles. The molecule has 0 saturated heterocycles. The summed E-state index contributed by atoms with van der Waals surface area (Å²) in [6.07, 6.45) is 2.98. The molecular formula is C14H26O4. The maximum absolute atomic E-state index is 11.5. The second kappa shape index (κ2) is 9.92. The molecule has 4 heteroatoms. The van der Waals surface area contributed by atoms with Gasteiger partial charge >= 0.3 is 11.9 Å². The smallest absolute Gasteiger partial charge is 0.308 e. The van der Waals surface area contributed by atoms with Gasteiger partial charge in [-0.15, -0.1) is 0 Å². The number of hydrogen-bond acceptors (Lipinski definition) is 4. The number of ether oxygens (including phenoxy) is 2. The normalized spacial score (nSPS) is 13.8. The molecule has 0 saturated carbocycles. The third-order valence-corrected chi connectivity index (χ3v) is 2.73. The van der Waals surface area contributed by atoms with Gasteiger partial charge in [-0.25, -0.2) is 0 Å². The van der Waals surface area contributed by atoms with Crippen molar-refractivity contribution in [1.29, 1.82) is 0 Å². The molecule has 4 nitrogen and oxygen atoms in total. The summed E-state index contributed by atoms with van der Waals surface area (Å²) in [5.74, 6) is -0.659. The van der Waals surface area contributed by atoms with Crippen LogP contribution in [-0.4, -0.2) is 25.2 Å². The Balaban J connectivity index is 3.85. The van der Waals surface area contributed by atoms with Gasteiger partial charge in [0.25, 0.3) is 0 Å². The Hall–Kier alpha value is -1.06. The van der Waals surface area contributed by atoms with Crippen LogP contribution in [0.3, 0.4) is 0 Å². The number of carbonyl (C=O) groups is 2. The van der Waals surface area contributed by atoms with Crippen molar-refractivity contribution in [1.82, 2.24) is 0 Å². The van der Waals surface area contributed by atoms with Gasteiger partial charge in [-0.05, 0) is 25.7 Å². The van der Waals surface area contributed by atoms with E-state index < -0.39 is 0 Å². The van der Waals surface area contributed by atoms with E-state index in [4.69, 9.17) is 9.47 Å². The molecule has 0 bridgehead atoms. The molecule has 0 N–H and O–H groups in total. The maximum Gasteiger partial charge on any atom is 0.308 e. The largest absolute Gasteiger partial charge is 0.465 e. The van der Waals surface area contributed by atoms with E-state index in [9.17, 15) is 9.59 Å². The Kier molecular flexibility index (Phi) is 9.33. The number of hydrogen-bond donors (Lipinski definition) is 0. The first-order chi connectivity index (χ1) is 8.52. The number of rotatable bonds is 9. The zero-order valence-corrected chi connectivity index (χ0v) is 12.0. The fourth-order valence-electron chi connectivity index (χ4n) is 1.43. The van der Waals surface area contributed by atoms with Crippen LogP contribution in [0.15, 0.2) is 0 Å². The Labute approximate surface area is 110 Å².